The van der Waals surface area contributed by atoms with E-state index in [0.717, 1.165) is 63.1 Å². The van der Waals surface area contributed by atoms with Gasteiger partial charge >= 0.3 is 0 Å². The number of nitrogens with one attached hydrogen (secondary N) is 1. The Bertz CT molecular complexity index is 1430. The zero-order valence-electron chi connectivity index (χ0n) is 18.4. The number of hydrogen-bond acceptors (Lipinski definition) is 5. The fourth-order valence-electron chi connectivity index (χ4n) is 4.47. The number of rotatable bonds is 8. The zero-order chi connectivity index (χ0) is 23.0. The molecule has 0 aliphatic heterocycles. The Morgan fingerprint density at radius 1 is 0.906 bits per heavy atom. The maximum absolute atomic E-state index is 11.9. The minimum atomic E-state index is -4.61. The van der Waals surface area contributed by atoms with E-state index >= 15 is 0 Å². The van der Waals surface area contributed by atoms with E-state index in [1.807, 2.05) is 38.1 Å². The van der Waals surface area contributed by atoms with Gasteiger partial charge < -0.3 is 14.6 Å². The molecule has 1 amide bonds. The van der Waals surface area contributed by atoms with Crippen LogP contribution in [0.1, 0.15) is 36.8 Å². The first-order valence-corrected chi connectivity index (χ1v) is 12.1. The molecule has 0 heterocycles. The number of aryl methyl sites for hydroxylation is 2. The fourth-order valence-corrected chi connectivity index (χ4v) is 5.23. The van der Waals surface area contributed by atoms with E-state index in [-0.39, 0.29) is 10.8 Å². The van der Waals surface area contributed by atoms with Gasteiger partial charge in [0.1, 0.15) is 15.9 Å². The molecule has 6 nitrogen and oxygen atoms in total. The van der Waals surface area contributed by atoms with Crippen molar-refractivity contribution in [3.8, 4) is 5.75 Å². The van der Waals surface area contributed by atoms with Crippen LogP contribution in [0.15, 0.2) is 41.3 Å². The van der Waals surface area contributed by atoms with E-state index < -0.39 is 10.1 Å². The molecular weight excluding hydrogens is 426 g/mol. The number of ether oxygens (including phenoxy) is 1. The maximum Gasteiger partial charge on any atom is 0.219 e. The third-order valence-corrected chi connectivity index (χ3v) is 6.97. The lowest BCUT2D eigenvalue weighted by Gasteiger charge is -2.20. The van der Waals surface area contributed by atoms with Crippen LogP contribution in [0.5, 0.6) is 5.75 Å². The molecule has 168 valence electrons. The second-order valence-corrected chi connectivity index (χ2v) is 9.59. The molecule has 4 aromatic rings. The summed E-state index contributed by atoms with van der Waals surface area (Å²) in [6.45, 7) is 4.35. The quantitative estimate of drug-likeness (QED) is 0.236. The topological polar surface area (TPSA) is 95.5 Å². The van der Waals surface area contributed by atoms with Crippen molar-refractivity contribution in [1.82, 2.24) is 5.32 Å². The number of amides is 1. The molecule has 7 heteroatoms. The molecule has 0 fully saturated rings. The third kappa shape index (κ3) is 3.98. The number of carbonyl (C=O) groups excluding carboxylic acids is 1. The highest BCUT2D eigenvalue weighted by molar-refractivity contribution is 7.86. The molecule has 0 bridgehead atoms. The summed E-state index contributed by atoms with van der Waals surface area (Å²) in [6, 6.07) is 11.0. The highest BCUT2D eigenvalue weighted by Crippen LogP contribution is 2.43. The van der Waals surface area contributed by atoms with E-state index in [1.165, 1.54) is 6.07 Å². The minimum Gasteiger partial charge on any atom is -0.744 e. The molecule has 0 saturated heterocycles. The highest BCUT2D eigenvalue weighted by Gasteiger charge is 2.18. The van der Waals surface area contributed by atoms with Crippen LogP contribution in [-0.4, -0.2) is 32.5 Å². The van der Waals surface area contributed by atoms with Gasteiger partial charge in [0.2, 0.25) is 5.91 Å². The third-order valence-electron chi connectivity index (χ3n) is 6.09. The minimum absolute atomic E-state index is 0.0445. The Morgan fingerprint density at radius 2 is 1.50 bits per heavy atom. The summed E-state index contributed by atoms with van der Waals surface area (Å²) in [5, 5.41) is 7.61. The van der Waals surface area contributed by atoms with E-state index in [1.54, 1.807) is 13.1 Å². The summed E-state index contributed by atoms with van der Waals surface area (Å²) in [4.78, 5) is 11.1. The standard InChI is InChI=1S/C25H27NO5S/c1-15-13-21(31-12-6-4-5-7-23(27)26-3)19-10-11-20-22(32(28,29)30)14-16(2)18-9-8-17(15)24(19)25(18)20/h8-11,13-14H,4-7,12H2,1-3H3,(H,26,27)(H,28,29,30)/p-1. The molecule has 4 rings (SSSR count). The van der Waals surface area contributed by atoms with Crippen LogP contribution in [0.25, 0.3) is 32.3 Å². The van der Waals surface area contributed by atoms with Crippen LogP contribution in [0.2, 0.25) is 0 Å². The molecule has 0 aromatic heterocycles. The van der Waals surface area contributed by atoms with Gasteiger partial charge in [0.25, 0.3) is 0 Å². The summed E-state index contributed by atoms with van der Waals surface area (Å²) in [7, 11) is -2.97. The van der Waals surface area contributed by atoms with Crippen molar-refractivity contribution in [2.75, 3.05) is 13.7 Å². The lowest BCUT2D eigenvalue weighted by Crippen LogP contribution is -2.16. The lowest BCUT2D eigenvalue weighted by molar-refractivity contribution is -0.120. The molecule has 32 heavy (non-hydrogen) atoms. The van der Waals surface area contributed by atoms with E-state index in [9.17, 15) is 17.8 Å². The molecule has 0 spiro atoms. The predicted octanol–water partition coefficient (Wildman–Crippen LogP) is 4.79. The molecule has 4 aromatic carbocycles. The van der Waals surface area contributed by atoms with Crippen LogP contribution in [0, 0.1) is 13.8 Å². The fraction of sp³-hybridized carbons (Fsp3) is 0.320. The molecule has 0 radical (unpaired) electrons. The number of unbranched alkanes of at least 4 members (excludes halogenated alkanes) is 2. The Labute approximate surface area is 187 Å². The average molecular weight is 453 g/mol. The van der Waals surface area contributed by atoms with Gasteiger partial charge in [-0.1, -0.05) is 18.2 Å². The van der Waals surface area contributed by atoms with E-state index in [0.29, 0.717) is 18.4 Å². The first-order chi connectivity index (χ1) is 15.2. The van der Waals surface area contributed by atoms with Crippen LogP contribution in [0.3, 0.4) is 0 Å². The Balaban J connectivity index is 1.75. The van der Waals surface area contributed by atoms with Crippen LogP contribution in [-0.2, 0) is 14.9 Å². The molecular formula is C25H26NO5S-. The van der Waals surface area contributed by atoms with Crippen molar-refractivity contribution >= 4 is 48.3 Å². The number of hydrogen-bond donors (Lipinski definition) is 1. The van der Waals surface area contributed by atoms with Crippen molar-refractivity contribution in [1.29, 1.82) is 0 Å². The van der Waals surface area contributed by atoms with Gasteiger partial charge in [0.15, 0.2) is 0 Å². The summed E-state index contributed by atoms with van der Waals surface area (Å²) >= 11 is 0. The summed E-state index contributed by atoms with van der Waals surface area (Å²) in [6.07, 6.45) is 3.04. The van der Waals surface area contributed by atoms with Gasteiger partial charge in [-0.25, -0.2) is 8.42 Å². The van der Waals surface area contributed by atoms with Crippen LogP contribution >= 0.6 is 0 Å². The maximum atomic E-state index is 11.9. The van der Waals surface area contributed by atoms with E-state index in [4.69, 9.17) is 4.74 Å². The molecule has 0 aliphatic carbocycles. The monoisotopic (exact) mass is 452 g/mol. The van der Waals surface area contributed by atoms with E-state index in [2.05, 4.69) is 5.32 Å². The van der Waals surface area contributed by atoms with Crippen molar-refractivity contribution in [2.45, 2.75) is 44.4 Å². The first-order valence-electron chi connectivity index (χ1n) is 10.7. The smallest absolute Gasteiger partial charge is 0.219 e. The van der Waals surface area contributed by atoms with Gasteiger partial charge in [-0.2, -0.15) is 0 Å². The van der Waals surface area contributed by atoms with Gasteiger partial charge in [0, 0.05) is 29.6 Å². The highest BCUT2D eigenvalue weighted by atomic mass is 32.2. The molecule has 0 saturated carbocycles. The second kappa shape index (κ2) is 8.56. The lowest BCUT2D eigenvalue weighted by atomic mass is 9.90. The Morgan fingerprint density at radius 3 is 2.16 bits per heavy atom. The molecule has 1 N–H and O–H groups in total. The van der Waals surface area contributed by atoms with Crippen LogP contribution in [0.4, 0.5) is 0 Å². The molecule has 0 atom stereocenters. The average Bonchev–Trinajstić information content (AvgIpc) is 2.75. The molecule has 0 unspecified atom stereocenters. The number of benzene rings is 4. The van der Waals surface area contributed by atoms with Gasteiger partial charge in [-0.3, -0.25) is 4.79 Å². The van der Waals surface area contributed by atoms with Crippen molar-refractivity contribution < 1.29 is 22.5 Å². The summed E-state index contributed by atoms with van der Waals surface area (Å²) in [5.74, 6) is 0.784. The Kier molecular flexibility index (Phi) is 5.97. The SMILES string of the molecule is CNC(=O)CCCCCOc1cc(C)c2ccc3c(C)cc(S(=O)(=O)[O-])c4ccc1c2c34. The Hall–Kier alpha value is -2.90. The van der Waals surface area contributed by atoms with Crippen molar-refractivity contribution in [2.24, 2.45) is 0 Å². The first kappa shape index (κ1) is 22.3. The van der Waals surface area contributed by atoms with Gasteiger partial charge in [-0.05, 0) is 78.6 Å². The summed E-state index contributed by atoms with van der Waals surface area (Å²) in [5.41, 5.74) is 1.77. The second-order valence-electron chi connectivity index (χ2n) is 8.24. The molecule has 0 aliphatic rings. The normalized spacial score (nSPS) is 12.1. The van der Waals surface area contributed by atoms with Gasteiger partial charge in [-0.15, -0.1) is 0 Å². The largest absolute Gasteiger partial charge is 0.744 e. The van der Waals surface area contributed by atoms with Crippen LogP contribution < -0.4 is 10.1 Å². The number of carbonyl (C=O) groups is 1. The van der Waals surface area contributed by atoms with Gasteiger partial charge in [0.05, 0.1) is 11.5 Å². The zero-order valence-corrected chi connectivity index (χ0v) is 19.3. The van der Waals surface area contributed by atoms with Crippen molar-refractivity contribution in [3.63, 3.8) is 0 Å². The summed E-state index contributed by atoms with van der Waals surface area (Å²) < 4.78 is 42.0. The predicted molar refractivity (Wildman–Crippen MR) is 126 cm³/mol. The van der Waals surface area contributed by atoms with Crippen molar-refractivity contribution in [3.05, 3.63) is 47.5 Å².